The van der Waals surface area contributed by atoms with Crippen LogP contribution in [0, 0.1) is 18.8 Å². The second-order valence-corrected chi connectivity index (χ2v) is 4.98. The quantitative estimate of drug-likeness (QED) is 0.780. The van der Waals surface area contributed by atoms with Crippen molar-refractivity contribution in [3.63, 3.8) is 0 Å². The maximum atomic E-state index is 5.82. The Morgan fingerprint density at radius 2 is 2.38 bits per heavy atom. The summed E-state index contributed by atoms with van der Waals surface area (Å²) in [5.74, 6) is 1.74. The van der Waals surface area contributed by atoms with Gasteiger partial charge in [0.1, 0.15) is 0 Å². The molecule has 1 heterocycles. The summed E-state index contributed by atoms with van der Waals surface area (Å²) in [6, 6.07) is 0.251. The van der Waals surface area contributed by atoms with Crippen molar-refractivity contribution in [3.05, 3.63) is 17.5 Å². The van der Waals surface area contributed by atoms with Gasteiger partial charge < -0.3 is 11.1 Å². The highest BCUT2D eigenvalue weighted by Gasteiger charge is 2.32. The molecular formula is C12H22N4. The van der Waals surface area contributed by atoms with Crippen LogP contribution in [0.5, 0.6) is 0 Å². The van der Waals surface area contributed by atoms with Crippen molar-refractivity contribution in [2.75, 3.05) is 13.1 Å². The minimum Gasteiger partial charge on any atom is -0.329 e. The van der Waals surface area contributed by atoms with Gasteiger partial charge in [0.2, 0.25) is 0 Å². The van der Waals surface area contributed by atoms with E-state index in [2.05, 4.69) is 24.3 Å². The Balaban J connectivity index is 1.96. The molecule has 3 N–H and O–H groups in total. The molecular weight excluding hydrogens is 200 g/mol. The Hall–Kier alpha value is -0.870. The van der Waals surface area contributed by atoms with Crippen LogP contribution in [0.4, 0.5) is 0 Å². The fourth-order valence-corrected chi connectivity index (χ4v) is 2.16. The zero-order chi connectivity index (χ0) is 11.7. The van der Waals surface area contributed by atoms with Gasteiger partial charge >= 0.3 is 0 Å². The van der Waals surface area contributed by atoms with E-state index in [0.29, 0.717) is 6.54 Å². The van der Waals surface area contributed by atoms with Crippen molar-refractivity contribution in [1.29, 1.82) is 0 Å². The van der Waals surface area contributed by atoms with E-state index in [9.17, 15) is 0 Å². The molecule has 0 saturated heterocycles. The van der Waals surface area contributed by atoms with E-state index >= 15 is 0 Å². The molecule has 16 heavy (non-hydrogen) atoms. The van der Waals surface area contributed by atoms with Crippen LogP contribution in [0.1, 0.15) is 30.6 Å². The Morgan fingerprint density at radius 3 is 2.81 bits per heavy atom. The van der Waals surface area contributed by atoms with Gasteiger partial charge in [0.05, 0.1) is 6.20 Å². The van der Waals surface area contributed by atoms with Gasteiger partial charge in [0.25, 0.3) is 0 Å². The summed E-state index contributed by atoms with van der Waals surface area (Å²) in [5, 5.41) is 7.82. The van der Waals surface area contributed by atoms with E-state index in [-0.39, 0.29) is 6.04 Å². The molecule has 1 fully saturated rings. The van der Waals surface area contributed by atoms with E-state index in [1.807, 2.05) is 17.9 Å². The number of nitrogens with zero attached hydrogens (tertiary/aromatic N) is 2. The zero-order valence-electron chi connectivity index (χ0n) is 10.4. The zero-order valence-corrected chi connectivity index (χ0v) is 10.4. The lowest BCUT2D eigenvalue weighted by Crippen LogP contribution is -2.30. The lowest BCUT2D eigenvalue weighted by atomic mass is 10.1. The molecule has 1 saturated carbocycles. The topological polar surface area (TPSA) is 55.9 Å². The van der Waals surface area contributed by atoms with Crippen molar-refractivity contribution >= 4 is 0 Å². The average Bonchev–Trinajstić information content (AvgIpc) is 2.88. The highest BCUT2D eigenvalue weighted by molar-refractivity contribution is 5.20. The van der Waals surface area contributed by atoms with Crippen LogP contribution in [0.25, 0.3) is 0 Å². The van der Waals surface area contributed by atoms with Gasteiger partial charge in [-0.2, -0.15) is 5.10 Å². The van der Waals surface area contributed by atoms with Gasteiger partial charge in [-0.25, -0.2) is 0 Å². The van der Waals surface area contributed by atoms with E-state index in [0.717, 1.165) is 18.4 Å². The van der Waals surface area contributed by atoms with Gasteiger partial charge in [-0.15, -0.1) is 0 Å². The van der Waals surface area contributed by atoms with Crippen LogP contribution in [0.3, 0.4) is 0 Å². The molecule has 90 valence electrons. The highest BCUT2D eigenvalue weighted by atomic mass is 15.3. The van der Waals surface area contributed by atoms with Gasteiger partial charge in [-0.05, 0) is 31.7 Å². The molecule has 3 unspecified atom stereocenters. The summed E-state index contributed by atoms with van der Waals surface area (Å²) >= 11 is 0. The van der Waals surface area contributed by atoms with E-state index in [4.69, 9.17) is 5.73 Å². The molecule has 0 radical (unpaired) electrons. The number of rotatable bonds is 5. The Labute approximate surface area is 97.2 Å². The van der Waals surface area contributed by atoms with Gasteiger partial charge in [-0.3, -0.25) is 4.68 Å². The molecule has 1 aliphatic rings. The molecule has 0 aliphatic heterocycles. The first kappa shape index (κ1) is 11.6. The van der Waals surface area contributed by atoms with Crippen LogP contribution >= 0.6 is 0 Å². The van der Waals surface area contributed by atoms with Crippen LogP contribution in [0.15, 0.2) is 6.20 Å². The van der Waals surface area contributed by atoms with Gasteiger partial charge in [-0.1, -0.05) is 6.92 Å². The summed E-state index contributed by atoms with van der Waals surface area (Å²) in [6.07, 6.45) is 3.28. The van der Waals surface area contributed by atoms with E-state index in [1.54, 1.807) is 0 Å². The molecule has 3 atom stereocenters. The fraction of sp³-hybridized carbons (Fsp3) is 0.750. The summed E-state index contributed by atoms with van der Waals surface area (Å²) in [6.45, 7) is 6.11. The fourth-order valence-electron chi connectivity index (χ4n) is 2.16. The average molecular weight is 222 g/mol. The molecule has 0 bridgehead atoms. The molecule has 4 nitrogen and oxygen atoms in total. The first-order valence-electron chi connectivity index (χ1n) is 6.05. The second-order valence-electron chi connectivity index (χ2n) is 4.98. The van der Waals surface area contributed by atoms with Crippen molar-refractivity contribution < 1.29 is 0 Å². The Morgan fingerprint density at radius 1 is 1.69 bits per heavy atom. The summed E-state index contributed by atoms with van der Waals surface area (Å²) in [7, 11) is 1.97. The van der Waals surface area contributed by atoms with E-state index < -0.39 is 0 Å². The summed E-state index contributed by atoms with van der Waals surface area (Å²) in [4.78, 5) is 0. The summed E-state index contributed by atoms with van der Waals surface area (Å²) < 4.78 is 1.90. The molecule has 1 aromatic rings. The largest absolute Gasteiger partial charge is 0.329 e. The molecule has 1 aliphatic carbocycles. The van der Waals surface area contributed by atoms with Crippen LogP contribution in [-0.2, 0) is 7.05 Å². The Bertz CT molecular complexity index is 358. The lowest BCUT2D eigenvalue weighted by Gasteiger charge is -2.16. The minimum atomic E-state index is 0.251. The predicted octanol–water partition coefficient (Wildman–Crippen LogP) is 0.974. The predicted molar refractivity (Wildman–Crippen MR) is 65.0 cm³/mol. The summed E-state index contributed by atoms with van der Waals surface area (Å²) in [5.41, 5.74) is 8.26. The number of hydrogen-bond donors (Lipinski definition) is 2. The second kappa shape index (κ2) is 4.55. The molecule has 0 amide bonds. The third kappa shape index (κ3) is 2.28. The minimum absolute atomic E-state index is 0.251. The number of nitrogens with one attached hydrogen (secondary N) is 1. The first-order chi connectivity index (χ1) is 7.63. The molecule has 0 aromatic carbocycles. The maximum Gasteiger partial charge on any atom is 0.0540 e. The molecule has 0 spiro atoms. The third-order valence-corrected chi connectivity index (χ3v) is 3.79. The number of aromatic nitrogens is 2. The molecule has 1 aromatic heterocycles. The molecule has 4 heteroatoms. The SMILES string of the molecule is Cc1c(C(CN)NCC2CC2C)cnn1C. The van der Waals surface area contributed by atoms with Crippen molar-refractivity contribution in [2.24, 2.45) is 24.6 Å². The van der Waals surface area contributed by atoms with Gasteiger partial charge in [0, 0.05) is 30.9 Å². The number of aryl methyl sites for hydroxylation is 1. The highest BCUT2D eigenvalue weighted by Crippen LogP contribution is 2.37. The molecule has 2 rings (SSSR count). The normalized spacial score (nSPS) is 25.8. The van der Waals surface area contributed by atoms with Crippen LogP contribution in [-0.4, -0.2) is 22.9 Å². The monoisotopic (exact) mass is 222 g/mol. The maximum absolute atomic E-state index is 5.82. The first-order valence-corrected chi connectivity index (χ1v) is 6.05. The smallest absolute Gasteiger partial charge is 0.0540 e. The third-order valence-electron chi connectivity index (χ3n) is 3.79. The van der Waals surface area contributed by atoms with Crippen LogP contribution in [0.2, 0.25) is 0 Å². The van der Waals surface area contributed by atoms with Crippen molar-refractivity contribution in [1.82, 2.24) is 15.1 Å². The van der Waals surface area contributed by atoms with Gasteiger partial charge in [0.15, 0.2) is 0 Å². The van der Waals surface area contributed by atoms with Crippen molar-refractivity contribution in [3.8, 4) is 0 Å². The lowest BCUT2D eigenvalue weighted by molar-refractivity contribution is 0.509. The standard InChI is InChI=1S/C12H22N4/c1-8-4-10(8)6-14-12(5-13)11-7-15-16(3)9(11)2/h7-8,10,12,14H,4-6,13H2,1-3H3. The van der Waals surface area contributed by atoms with Crippen LogP contribution < -0.4 is 11.1 Å². The van der Waals surface area contributed by atoms with Crippen molar-refractivity contribution in [2.45, 2.75) is 26.3 Å². The Kier molecular flexibility index (Phi) is 3.30. The number of hydrogen-bond acceptors (Lipinski definition) is 3. The number of nitrogens with two attached hydrogens (primary N) is 1. The van der Waals surface area contributed by atoms with E-state index in [1.165, 1.54) is 17.7 Å².